The molecule has 3 aromatic rings. The topological polar surface area (TPSA) is 66.7 Å². The molecule has 0 bridgehead atoms. The minimum atomic E-state index is -0.0868. The lowest BCUT2D eigenvalue weighted by Crippen LogP contribution is -2.46. The van der Waals surface area contributed by atoms with E-state index < -0.39 is 0 Å². The Bertz CT molecular complexity index is 1000. The summed E-state index contributed by atoms with van der Waals surface area (Å²) in [6, 6.07) is 11.7. The predicted octanol–water partition coefficient (Wildman–Crippen LogP) is 4.50. The number of rotatable bonds is 3. The van der Waals surface area contributed by atoms with Gasteiger partial charge >= 0.3 is 0 Å². The quantitative estimate of drug-likeness (QED) is 0.622. The van der Waals surface area contributed by atoms with E-state index in [4.69, 9.17) is 9.40 Å². The molecule has 0 aliphatic carbocycles. The van der Waals surface area contributed by atoms with Crippen LogP contribution in [0.2, 0.25) is 0 Å². The van der Waals surface area contributed by atoms with Crippen molar-refractivity contribution in [3.05, 3.63) is 53.4 Å². The fourth-order valence-electron chi connectivity index (χ4n) is 4.60. The lowest BCUT2D eigenvalue weighted by molar-refractivity contribution is -0.141. The zero-order chi connectivity index (χ0) is 20.5. The Hall–Kier alpha value is -2.67. The number of furan rings is 1. The molecule has 2 aromatic heterocycles. The molecule has 6 nitrogen and oxygen atoms in total. The third kappa shape index (κ3) is 3.62. The molecule has 156 valence electrons. The molecule has 0 N–H and O–H groups in total. The van der Waals surface area contributed by atoms with Gasteiger partial charge in [0.25, 0.3) is 5.91 Å². The SMILES string of the molecule is O=C(c1ccco1)N1CCC(C(=O)N2CCCC[C@@H]2c2nc3ccccc3s2)CC1. The molecule has 0 unspecified atom stereocenters. The number of fused-ring (bicyclic) bond motifs is 1. The standard InChI is InChI=1S/C23H25N3O3S/c27-22(16-10-13-25(14-11-16)23(28)19-8-5-15-29-19)26-12-4-3-7-18(26)21-24-17-6-1-2-9-20(17)30-21/h1-2,5-6,8-9,15-16,18H,3-4,7,10-14H2/t18-/m1/s1. The number of para-hydroxylation sites is 1. The van der Waals surface area contributed by atoms with E-state index >= 15 is 0 Å². The minimum absolute atomic E-state index is 0.0272. The highest BCUT2D eigenvalue weighted by molar-refractivity contribution is 7.18. The van der Waals surface area contributed by atoms with E-state index in [-0.39, 0.29) is 23.8 Å². The van der Waals surface area contributed by atoms with Gasteiger partial charge in [-0.3, -0.25) is 9.59 Å². The zero-order valence-electron chi connectivity index (χ0n) is 16.8. The van der Waals surface area contributed by atoms with Crippen LogP contribution in [0, 0.1) is 5.92 Å². The largest absolute Gasteiger partial charge is 0.459 e. The van der Waals surface area contributed by atoms with E-state index in [2.05, 4.69) is 11.0 Å². The number of hydrogen-bond donors (Lipinski definition) is 0. The summed E-state index contributed by atoms with van der Waals surface area (Å²) >= 11 is 1.71. The van der Waals surface area contributed by atoms with Gasteiger partial charge in [-0.1, -0.05) is 12.1 Å². The van der Waals surface area contributed by atoms with Gasteiger partial charge in [0.15, 0.2) is 5.76 Å². The van der Waals surface area contributed by atoms with Gasteiger partial charge in [-0.15, -0.1) is 11.3 Å². The van der Waals surface area contributed by atoms with Crippen LogP contribution in [-0.4, -0.2) is 46.2 Å². The summed E-state index contributed by atoms with van der Waals surface area (Å²) in [7, 11) is 0. The van der Waals surface area contributed by atoms with Gasteiger partial charge in [-0.25, -0.2) is 4.98 Å². The Kier molecular flexibility index (Phi) is 5.29. The van der Waals surface area contributed by atoms with Crippen LogP contribution < -0.4 is 0 Å². The molecule has 2 aliphatic heterocycles. The monoisotopic (exact) mass is 423 g/mol. The maximum atomic E-state index is 13.4. The first-order chi connectivity index (χ1) is 14.7. The molecule has 2 aliphatic rings. The van der Waals surface area contributed by atoms with Crippen molar-refractivity contribution in [1.29, 1.82) is 0 Å². The summed E-state index contributed by atoms with van der Waals surface area (Å²) in [6.45, 7) is 1.98. The van der Waals surface area contributed by atoms with Crippen molar-refractivity contribution < 1.29 is 14.0 Å². The first-order valence-corrected chi connectivity index (χ1v) is 11.5. The highest BCUT2D eigenvalue weighted by Gasteiger charge is 2.36. The highest BCUT2D eigenvalue weighted by Crippen LogP contribution is 2.37. The third-order valence-corrected chi connectivity index (χ3v) is 7.38. The summed E-state index contributed by atoms with van der Waals surface area (Å²) in [4.78, 5) is 34.6. The second-order valence-electron chi connectivity index (χ2n) is 8.11. The number of likely N-dealkylation sites (tertiary alicyclic amines) is 2. The number of piperidine rings is 2. The molecule has 2 amide bonds. The van der Waals surface area contributed by atoms with Crippen LogP contribution in [0.3, 0.4) is 0 Å². The van der Waals surface area contributed by atoms with E-state index in [1.165, 1.54) is 11.0 Å². The second-order valence-corrected chi connectivity index (χ2v) is 9.17. The molecule has 2 fully saturated rings. The lowest BCUT2D eigenvalue weighted by Gasteiger charge is -2.39. The summed E-state index contributed by atoms with van der Waals surface area (Å²) < 4.78 is 6.41. The second kappa shape index (κ2) is 8.22. The van der Waals surface area contributed by atoms with Crippen LogP contribution in [0.25, 0.3) is 10.2 Å². The van der Waals surface area contributed by atoms with Crippen molar-refractivity contribution in [2.75, 3.05) is 19.6 Å². The summed E-state index contributed by atoms with van der Waals surface area (Å²) in [5.41, 5.74) is 1.01. The number of nitrogens with zero attached hydrogens (tertiary/aromatic N) is 3. The summed E-state index contributed by atoms with van der Waals surface area (Å²) in [6.07, 6.45) is 6.07. The number of thiazole rings is 1. The zero-order valence-corrected chi connectivity index (χ0v) is 17.6. The van der Waals surface area contributed by atoms with Crippen molar-refractivity contribution in [3.63, 3.8) is 0 Å². The molecule has 30 heavy (non-hydrogen) atoms. The normalized spacial score (nSPS) is 20.6. The smallest absolute Gasteiger partial charge is 0.289 e. The number of benzene rings is 1. The van der Waals surface area contributed by atoms with Crippen molar-refractivity contribution in [3.8, 4) is 0 Å². The van der Waals surface area contributed by atoms with Gasteiger partial charge in [0.2, 0.25) is 5.91 Å². The van der Waals surface area contributed by atoms with Crippen LogP contribution in [0.1, 0.15) is 53.7 Å². The molecule has 2 saturated heterocycles. The average Bonchev–Trinajstić information content (AvgIpc) is 3.48. The molecular weight excluding hydrogens is 398 g/mol. The van der Waals surface area contributed by atoms with E-state index in [9.17, 15) is 9.59 Å². The molecule has 0 saturated carbocycles. The molecule has 7 heteroatoms. The number of carbonyl (C=O) groups excluding carboxylic acids is 2. The summed E-state index contributed by atoms with van der Waals surface area (Å²) in [5, 5.41) is 1.05. The molecular formula is C23H25N3O3S. The van der Waals surface area contributed by atoms with E-state index in [0.29, 0.717) is 31.7 Å². The highest BCUT2D eigenvalue weighted by atomic mass is 32.1. The number of amides is 2. The Morgan fingerprint density at radius 3 is 2.60 bits per heavy atom. The van der Waals surface area contributed by atoms with Crippen molar-refractivity contribution >= 4 is 33.4 Å². The van der Waals surface area contributed by atoms with Crippen LogP contribution in [0.5, 0.6) is 0 Å². The van der Waals surface area contributed by atoms with Crippen molar-refractivity contribution in [1.82, 2.24) is 14.8 Å². The van der Waals surface area contributed by atoms with Crippen LogP contribution in [0.4, 0.5) is 0 Å². The molecule has 5 rings (SSSR count). The molecule has 0 radical (unpaired) electrons. The fourth-order valence-corrected chi connectivity index (χ4v) is 5.72. The van der Waals surface area contributed by atoms with Gasteiger partial charge in [-0.2, -0.15) is 0 Å². The number of carbonyl (C=O) groups is 2. The number of aromatic nitrogens is 1. The van der Waals surface area contributed by atoms with Gasteiger partial charge in [0.1, 0.15) is 5.01 Å². The number of hydrogen-bond acceptors (Lipinski definition) is 5. The first kappa shape index (κ1) is 19.3. The first-order valence-electron chi connectivity index (χ1n) is 10.7. The van der Waals surface area contributed by atoms with E-state index in [1.54, 1.807) is 28.4 Å². The minimum Gasteiger partial charge on any atom is -0.459 e. The van der Waals surface area contributed by atoms with Crippen LogP contribution in [-0.2, 0) is 4.79 Å². The van der Waals surface area contributed by atoms with Crippen LogP contribution >= 0.6 is 11.3 Å². The fraction of sp³-hybridized carbons (Fsp3) is 0.435. The summed E-state index contributed by atoms with van der Waals surface area (Å²) in [5.74, 6) is 0.479. The lowest BCUT2D eigenvalue weighted by atomic mass is 9.92. The van der Waals surface area contributed by atoms with Gasteiger partial charge in [-0.05, 0) is 56.4 Å². The molecule has 1 aromatic carbocycles. The maximum Gasteiger partial charge on any atom is 0.289 e. The Labute approximate surface area is 179 Å². The van der Waals surface area contributed by atoms with Crippen molar-refractivity contribution in [2.24, 2.45) is 5.92 Å². The Balaban J connectivity index is 1.28. The predicted molar refractivity (Wildman–Crippen MR) is 115 cm³/mol. The van der Waals surface area contributed by atoms with E-state index in [1.807, 2.05) is 18.2 Å². The Morgan fingerprint density at radius 1 is 1.00 bits per heavy atom. The Morgan fingerprint density at radius 2 is 1.83 bits per heavy atom. The maximum absolute atomic E-state index is 13.4. The van der Waals surface area contributed by atoms with Crippen LogP contribution in [0.15, 0.2) is 47.1 Å². The molecule has 1 atom stereocenters. The van der Waals surface area contributed by atoms with Gasteiger partial charge in [0, 0.05) is 25.6 Å². The van der Waals surface area contributed by atoms with Gasteiger partial charge < -0.3 is 14.2 Å². The molecule has 4 heterocycles. The third-order valence-electron chi connectivity index (χ3n) is 6.24. The van der Waals surface area contributed by atoms with Crippen molar-refractivity contribution in [2.45, 2.75) is 38.1 Å². The van der Waals surface area contributed by atoms with Gasteiger partial charge in [0.05, 0.1) is 22.5 Å². The van der Waals surface area contributed by atoms with E-state index in [0.717, 1.165) is 36.3 Å². The average molecular weight is 424 g/mol. The molecule has 0 spiro atoms.